The van der Waals surface area contributed by atoms with Gasteiger partial charge in [0, 0.05) is 0 Å². The molecule has 0 spiro atoms. The third-order valence-corrected chi connectivity index (χ3v) is 6.32. The Morgan fingerprint density at radius 2 is 1.08 bits per heavy atom. The molecule has 0 aromatic heterocycles. The molecule has 0 saturated heterocycles. The van der Waals surface area contributed by atoms with Crippen LogP contribution in [0.4, 0.5) is 0 Å². The average Bonchev–Trinajstić information content (AvgIpc) is 2.52. The van der Waals surface area contributed by atoms with Crippen LogP contribution in [0.1, 0.15) is 6.42 Å². The van der Waals surface area contributed by atoms with Gasteiger partial charge in [-0.15, -0.1) is 0 Å². The predicted octanol–water partition coefficient (Wildman–Crippen LogP) is 0.0959. The van der Waals surface area contributed by atoms with Crippen LogP contribution in [0.25, 0.3) is 0 Å². The van der Waals surface area contributed by atoms with E-state index in [9.17, 15) is 10.2 Å². The molecule has 0 aromatic rings. The zero-order valence-corrected chi connectivity index (χ0v) is 7.38. The van der Waals surface area contributed by atoms with Crippen molar-refractivity contribution >= 4 is 0 Å². The molecule has 0 aliphatic heterocycles. The molecule has 2 N–H and O–H groups in total. The molecule has 5 aliphatic rings. The van der Waals surface area contributed by atoms with Crippen LogP contribution in [-0.2, 0) is 0 Å². The molecule has 2 heteroatoms. The van der Waals surface area contributed by atoms with Gasteiger partial charge in [0.05, 0.1) is 12.2 Å². The van der Waals surface area contributed by atoms with Crippen molar-refractivity contribution in [1.29, 1.82) is 0 Å². The van der Waals surface area contributed by atoms with Crippen molar-refractivity contribution in [2.45, 2.75) is 18.6 Å². The van der Waals surface area contributed by atoms with Gasteiger partial charge in [-0.1, -0.05) is 0 Å². The molecule has 70 valence electrons. The van der Waals surface area contributed by atoms with Gasteiger partial charge in [0.2, 0.25) is 0 Å². The van der Waals surface area contributed by atoms with Gasteiger partial charge in [0.15, 0.2) is 0 Å². The Morgan fingerprint density at radius 1 is 0.615 bits per heavy atom. The number of aliphatic hydroxyl groups is 2. The van der Waals surface area contributed by atoms with E-state index in [1.807, 2.05) is 0 Å². The third kappa shape index (κ3) is 0.375. The van der Waals surface area contributed by atoms with Crippen LogP contribution >= 0.6 is 0 Å². The van der Waals surface area contributed by atoms with Crippen molar-refractivity contribution in [3.63, 3.8) is 0 Å². The van der Waals surface area contributed by atoms with E-state index in [4.69, 9.17) is 0 Å². The zero-order valence-electron chi connectivity index (χ0n) is 7.38. The lowest BCUT2D eigenvalue weighted by Gasteiger charge is -2.47. The van der Waals surface area contributed by atoms with Gasteiger partial charge in [-0.2, -0.15) is 0 Å². The lowest BCUT2D eigenvalue weighted by Crippen LogP contribution is -2.51. The second-order valence-corrected chi connectivity index (χ2v) is 6.01. The van der Waals surface area contributed by atoms with Crippen LogP contribution in [0.15, 0.2) is 0 Å². The molecular formula is C11H14O2. The van der Waals surface area contributed by atoms with E-state index in [0.29, 0.717) is 23.7 Å². The fourth-order valence-electron chi connectivity index (χ4n) is 6.44. The Bertz CT molecular complexity index is 281. The summed E-state index contributed by atoms with van der Waals surface area (Å²) >= 11 is 0. The maximum atomic E-state index is 10.1. The largest absolute Gasteiger partial charge is 0.393 e. The number of hydrogen-bond donors (Lipinski definition) is 2. The summed E-state index contributed by atoms with van der Waals surface area (Å²) in [5, 5.41) is 20.2. The standard InChI is InChI=1S/C11H14O2/c12-10-6-2-1-3-5-4(2)8(10)9(5)11(13)7(3)6/h2-13H,1H2/t2-,3-,4+,5+,6+,7+,8-,9+,10+,11-/m0/s1. The lowest BCUT2D eigenvalue weighted by atomic mass is 9.58. The molecule has 5 fully saturated rings. The fourth-order valence-corrected chi connectivity index (χ4v) is 6.44. The first kappa shape index (κ1) is 6.41. The van der Waals surface area contributed by atoms with Crippen LogP contribution in [0.3, 0.4) is 0 Å². The van der Waals surface area contributed by atoms with Crippen LogP contribution in [0.5, 0.6) is 0 Å². The predicted molar refractivity (Wildman–Crippen MR) is 44.6 cm³/mol. The van der Waals surface area contributed by atoms with E-state index in [0.717, 1.165) is 23.7 Å². The third-order valence-electron chi connectivity index (χ3n) is 6.32. The van der Waals surface area contributed by atoms with Gasteiger partial charge in [0.25, 0.3) is 0 Å². The maximum absolute atomic E-state index is 10.1. The minimum Gasteiger partial charge on any atom is -0.393 e. The van der Waals surface area contributed by atoms with Crippen LogP contribution in [-0.4, -0.2) is 22.4 Å². The van der Waals surface area contributed by atoms with Gasteiger partial charge in [0.1, 0.15) is 0 Å². The Labute approximate surface area is 76.9 Å². The zero-order chi connectivity index (χ0) is 8.48. The molecule has 0 radical (unpaired) electrons. The van der Waals surface area contributed by atoms with Crippen molar-refractivity contribution in [3.05, 3.63) is 0 Å². The summed E-state index contributed by atoms with van der Waals surface area (Å²) in [6.07, 6.45) is 1.28. The molecular weight excluding hydrogens is 164 g/mol. The first-order valence-electron chi connectivity index (χ1n) is 5.67. The summed E-state index contributed by atoms with van der Waals surface area (Å²) in [6.45, 7) is 0. The van der Waals surface area contributed by atoms with Crippen molar-refractivity contribution in [3.8, 4) is 0 Å². The highest BCUT2D eigenvalue weighted by Crippen LogP contribution is 2.82. The molecule has 0 unspecified atom stereocenters. The van der Waals surface area contributed by atoms with Crippen molar-refractivity contribution in [2.75, 3.05) is 0 Å². The molecule has 10 atom stereocenters. The second kappa shape index (κ2) is 1.49. The van der Waals surface area contributed by atoms with E-state index in [1.165, 1.54) is 6.42 Å². The molecule has 5 aliphatic carbocycles. The lowest BCUT2D eigenvalue weighted by molar-refractivity contribution is -0.109. The minimum atomic E-state index is -0.0304. The highest BCUT2D eigenvalue weighted by Gasteiger charge is 2.83. The summed E-state index contributed by atoms with van der Waals surface area (Å²) in [4.78, 5) is 0. The Morgan fingerprint density at radius 3 is 1.54 bits per heavy atom. The molecule has 5 rings (SSSR count). The first-order valence-corrected chi connectivity index (χ1v) is 5.67. The highest BCUT2D eigenvalue weighted by atomic mass is 16.3. The van der Waals surface area contributed by atoms with Crippen molar-refractivity contribution in [1.82, 2.24) is 0 Å². The highest BCUT2D eigenvalue weighted by molar-refractivity contribution is 5.30. The molecule has 0 amide bonds. The van der Waals surface area contributed by atoms with Gasteiger partial charge in [-0.05, 0) is 53.8 Å². The van der Waals surface area contributed by atoms with Crippen molar-refractivity contribution in [2.24, 2.45) is 47.3 Å². The molecule has 2 bridgehead atoms. The van der Waals surface area contributed by atoms with Gasteiger partial charge < -0.3 is 10.2 Å². The van der Waals surface area contributed by atoms with Crippen LogP contribution in [0, 0.1) is 47.3 Å². The fraction of sp³-hybridized carbons (Fsp3) is 1.00. The van der Waals surface area contributed by atoms with E-state index in [-0.39, 0.29) is 12.2 Å². The first-order chi connectivity index (χ1) is 6.30. The molecule has 0 heterocycles. The number of fused-ring (bicyclic) bond motifs is 2. The van der Waals surface area contributed by atoms with E-state index >= 15 is 0 Å². The number of aliphatic hydroxyl groups excluding tert-OH is 2. The average molecular weight is 178 g/mol. The summed E-state index contributed by atoms with van der Waals surface area (Å²) in [7, 11) is 0. The smallest absolute Gasteiger partial charge is 0.0609 e. The normalized spacial score (nSPS) is 85.4. The topological polar surface area (TPSA) is 40.5 Å². The van der Waals surface area contributed by atoms with Crippen molar-refractivity contribution < 1.29 is 10.2 Å². The van der Waals surface area contributed by atoms with E-state index in [2.05, 4.69) is 0 Å². The Balaban J connectivity index is 1.83. The maximum Gasteiger partial charge on any atom is 0.0609 e. The van der Waals surface area contributed by atoms with Crippen LogP contribution < -0.4 is 0 Å². The summed E-state index contributed by atoms with van der Waals surface area (Å²) in [6, 6.07) is 0. The Kier molecular flexibility index (Phi) is 0.733. The molecule has 2 nitrogen and oxygen atoms in total. The number of rotatable bonds is 0. The van der Waals surface area contributed by atoms with Crippen LogP contribution in [0.2, 0.25) is 0 Å². The monoisotopic (exact) mass is 178 g/mol. The van der Waals surface area contributed by atoms with E-state index in [1.54, 1.807) is 0 Å². The minimum absolute atomic E-state index is 0.0304. The van der Waals surface area contributed by atoms with Gasteiger partial charge in [-0.25, -0.2) is 0 Å². The molecule has 5 saturated carbocycles. The molecule has 0 aromatic carbocycles. The second-order valence-electron chi connectivity index (χ2n) is 6.01. The summed E-state index contributed by atoms with van der Waals surface area (Å²) in [5.74, 6) is 5.33. The van der Waals surface area contributed by atoms with Gasteiger partial charge >= 0.3 is 0 Å². The SMILES string of the molecule is O[C@@H]1[C@H]2[C@H]3[C@H](O)[C@@H]4[C@H]5C[C@@H]([C@@H]2[C@@H]53)[C@@H]14. The summed E-state index contributed by atoms with van der Waals surface area (Å²) in [5.41, 5.74) is 0. The quantitative estimate of drug-likeness (QED) is 0.552. The Hall–Kier alpha value is -0.0800. The molecule has 13 heavy (non-hydrogen) atoms. The number of hydrogen-bond acceptors (Lipinski definition) is 2. The van der Waals surface area contributed by atoms with Gasteiger partial charge in [-0.3, -0.25) is 0 Å². The van der Waals surface area contributed by atoms with E-state index < -0.39 is 0 Å². The summed E-state index contributed by atoms with van der Waals surface area (Å²) < 4.78 is 0.